The first-order valence-corrected chi connectivity index (χ1v) is 10.3. The summed E-state index contributed by atoms with van der Waals surface area (Å²) in [5.74, 6) is 0.838. The number of sulfonamides is 1. The van der Waals surface area contributed by atoms with Crippen molar-refractivity contribution in [1.29, 1.82) is 0 Å². The predicted molar refractivity (Wildman–Crippen MR) is 110 cm³/mol. The van der Waals surface area contributed by atoms with Crippen molar-refractivity contribution >= 4 is 21.6 Å². The van der Waals surface area contributed by atoms with Crippen LogP contribution in [0.25, 0.3) is 17.0 Å². The highest BCUT2D eigenvalue weighted by molar-refractivity contribution is 7.92. The molecule has 0 saturated carbocycles. The second-order valence-electron chi connectivity index (χ2n) is 6.77. The second kappa shape index (κ2) is 6.76. The number of imidazole rings is 1. The zero-order chi connectivity index (χ0) is 19.9. The quantitative estimate of drug-likeness (QED) is 0.567. The topological polar surface area (TPSA) is 76.4 Å². The smallest absolute Gasteiger partial charge is 0.263 e. The van der Waals surface area contributed by atoms with Crippen LogP contribution in [0.4, 0.5) is 5.82 Å². The maximum atomic E-state index is 13.0. The molecule has 0 aliphatic carbocycles. The van der Waals surface area contributed by atoms with Crippen molar-refractivity contribution < 1.29 is 8.42 Å². The molecule has 0 spiro atoms. The molecule has 0 radical (unpaired) electrons. The lowest BCUT2D eigenvalue weighted by Gasteiger charge is -2.11. The Morgan fingerprint density at radius 1 is 0.893 bits per heavy atom. The third-order valence-electron chi connectivity index (χ3n) is 4.52. The Bertz CT molecular complexity index is 1260. The normalized spacial score (nSPS) is 11.7. The highest BCUT2D eigenvalue weighted by Gasteiger charge is 2.22. The van der Waals surface area contributed by atoms with Crippen molar-refractivity contribution in [2.75, 3.05) is 4.72 Å². The molecule has 7 heteroatoms. The first-order valence-electron chi connectivity index (χ1n) is 8.87. The molecule has 0 atom stereocenters. The molecule has 4 aromatic rings. The average Bonchev–Trinajstić information content (AvgIpc) is 3.00. The Hall–Kier alpha value is -3.19. The van der Waals surface area contributed by atoms with Crippen LogP contribution in [0.1, 0.15) is 17.0 Å². The van der Waals surface area contributed by atoms with Crippen LogP contribution in [0.3, 0.4) is 0 Å². The lowest BCUT2D eigenvalue weighted by Crippen LogP contribution is -2.15. The van der Waals surface area contributed by atoms with Gasteiger partial charge in [-0.2, -0.15) is 0 Å². The van der Waals surface area contributed by atoms with E-state index in [1.54, 1.807) is 28.7 Å². The zero-order valence-corrected chi connectivity index (χ0v) is 16.7. The fourth-order valence-corrected chi connectivity index (χ4v) is 4.22. The molecule has 1 N–H and O–H groups in total. The molecule has 142 valence electrons. The van der Waals surface area contributed by atoms with Crippen LogP contribution in [-0.2, 0) is 10.0 Å². The van der Waals surface area contributed by atoms with E-state index in [1.165, 1.54) is 0 Å². The Morgan fingerprint density at radius 3 is 2.25 bits per heavy atom. The molecule has 0 amide bonds. The second-order valence-corrected chi connectivity index (χ2v) is 8.45. The van der Waals surface area contributed by atoms with Gasteiger partial charge in [-0.25, -0.2) is 18.4 Å². The molecule has 0 fully saturated rings. The van der Waals surface area contributed by atoms with Gasteiger partial charge in [0, 0.05) is 17.0 Å². The van der Waals surface area contributed by atoms with E-state index in [-0.39, 0.29) is 4.90 Å². The van der Waals surface area contributed by atoms with E-state index in [0.29, 0.717) is 17.3 Å². The van der Waals surface area contributed by atoms with Crippen LogP contribution in [0.15, 0.2) is 65.6 Å². The summed E-state index contributed by atoms with van der Waals surface area (Å²) in [4.78, 5) is 9.30. The van der Waals surface area contributed by atoms with Crippen LogP contribution >= 0.6 is 0 Å². The van der Waals surface area contributed by atoms with Crippen molar-refractivity contribution in [3.8, 4) is 11.3 Å². The number of hydrogen-bond acceptors (Lipinski definition) is 4. The summed E-state index contributed by atoms with van der Waals surface area (Å²) in [5, 5.41) is 0. The summed E-state index contributed by atoms with van der Waals surface area (Å²) in [6.07, 6.45) is 0. The summed E-state index contributed by atoms with van der Waals surface area (Å²) >= 11 is 0. The molecule has 2 aromatic heterocycles. The summed E-state index contributed by atoms with van der Waals surface area (Å²) in [6, 6.07) is 18.1. The summed E-state index contributed by atoms with van der Waals surface area (Å²) in [7, 11) is -3.79. The summed E-state index contributed by atoms with van der Waals surface area (Å²) < 4.78 is 30.6. The van der Waals surface area contributed by atoms with Gasteiger partial charge in [0.25, 0.3) is 10.0 Å². The van der Waals surface area contributed by atoms with E-state index < -0.39 is 10.0 Å². The summed E-state index contributed by atoms with van der Waals surface area (Å²) in [6.45, 7) is 5.71. The Kier molecular flexibility index (Phi) is 4.39. The van der Waals surface area contributed by atoms with Crippen LogP contribution in [0, 0.1) is 20.8 Å². The van der Waals surface area contributed by atoms with E-state index in [0.717, 1.165) is 22.5 Å². The van der Waals surface area contributed by atoms with Crippen LogP contribution in [-0.4, -0.2) is 22.8 Å². The van der Waals surface area contributed by atoms with Gasteiger partial charge in [-0.15, -0.1) is 0 Å². The van der Waals surface area contributed by atoms with E-state index in [4.69, 9.17) is 0 Å². The number of hydrogen-bond donors (Lipinski definition) is 1. The first-order chi connectivity index (χ1) is 13.3. The van der Waals surface area contributed by atoms with E-state index in [9.17, 15) is 8.42 Å². The molecule has 0 unspecified atom stereocenters. The molecule has 4 rings (SSSR count). The lowest BCUT2D eigenvalue weighted by atomic mass is 10.1. The SMILES string of the molecule is Cc1ccc(S(=O)(=O)Nc2c(-c3ccccc3)nc3nc(C)cc(C)n23)cc1. The van der Waals surface area contributed by atoms with Gasteiger partial charge in [0.1, 0.15) is 5.69 Å². The van der Waals surface area contributed by atoms with Crippen LogP contribution in [0.5, 0.6) is 0 Å². The molecule has 6 nitrogen and oxygen atoms in total. The standard InChI is InChI=1S/C21H20N4O2S/c1-14-9-11-18(12-10-14)28(26,27)24-20-19(17-7-5-4-6-8-17)23-21-22-15(2)13-16(3)25(20)21/h4-13,24H,1-3H3. The van der Waals surface area contributed by atoms with Gasteiger partial charge in [0.2, 0.25) is 5.78 Å². The van der Waals surface area contributed by atoms with Crippen LogP contribution < -0.4 is 4.72 Å². The average molecular weight is 392 g/mol. The van der Waals surface area contributed by atoms with Gasteiger partial charge in [0.15, 0.2) is 5.82 Å². The van der Waals surface area contributed by atoms with Crippen molar-refractivity contribution in [3.05, 3.63) is 77.6 Å². The van der Waals surface area contributed by atoms with Gasteiger partial charge >= 0.3 is 0 Å². The molecular weight excluding hydrogens is 372 g/mol. The van der Waals surface area contributed by atoms with Crippen molar-refractivity contribution in [1.82, 2.24) is 14.4 Å². The monoisotopic (exact) mass is 392 g/mol. The molecule has 0 saturated heterocycles. The zero-order valence-electron chi connectivity index (χ0n) is 15.8. The predicted octanol–water partition coefficient (Wildman–Crippen LogP) is 4.12. The maximum absolute atomic E-state index is 13.0. The Labute approximate surface area is 164 Å². The fourth-order valence-electron chi connectivity index (χ4n) is 3.17. The van der Waals surface area contributed by atoms with E-state index >= 15 is 0 Å². The van der Waals surface area contributed by atoms with Gasteiger partial charge in [0.05, 0.1) is 4.90 Å². The Balaban J connectivity index is 1.93. The van der Waals surface area contributed by atoms with Crippen molar-refractivity contribution in [2.45, 2.75) is 25.7 Å². The summed E-state index contributed by atoms with van der Waals surface area (Å²) in [5.41, 5.74) is 4.01. The number of nitrogens with zero attached hydrogens (tertiary/aromatic N) is 3. The third-order valence-corrected chi connectivity index (χ3v) is 5.87. The van der Waals surface area contributed by atoms with Gasteiger partial charge in [-0.05, 0) is 39.0 Å². The van der Waals surface area contributed by atoms with Gasteiger partial charge in [-0.3, -0.25) is 9.12 Å². The molecule has 0 bridgehead atoms. The number of rotatable bonds is 4. The molecule has 0 aliphatic rings. The number of benzene rings is 2. The molecule has 2 heterocycles. The van der Waals surface area contributed by atoms with Gasteiger partial charge in [-0.1, -0.05) is 48.0 Å². The minimum atomic E-state index is -3.79. The van der Waals surface area contributed by atoms with Crippen molar-refractivity contribution in [2.24, 2.45) is 0 Å². The lowest BCUT2D eigenvalue weighted by molar-refractivity contribution is 0.601. The highest BCUT2D eigenvalue weighted by atomic mass is 32.2. The highest BCUT2D eigenvalue weighted by Crippen LogP contribution is 2.31. The molecule has 2 aromatic carbocycles. The first kappa shape index (κ1) is 18.2. The molecule has 28 heavy (non-hydrogen) atoms. The van der Waals surface area contributed by atoms with Gasteiger partial charge < -0.3 is 0 Å². The van der Waals surface area contributed by atoms with E-state index in [2.05, 4.69) is 14.7 Å². The Morgan fingerprint density at radius 2 is 1.57 bits per heavy atom. The van der Waals surface area contributed by atoms with Crippen molar-refractivity contribution in [3.63, 3.8) is 0 Å². The number of aromatic nitrogens is 3. The van der Waals surface area contributed by atoms with E-state index in [1.807, 2.05) is 57.2 Å². The van der Waals surface area contributed by atoms with Crippen LogP contribution in [0.2, 0.25) is 0 Å². The maximum Gasteiger partial charge on any atom is 0.263 e. The molecule has 0 aliphatic heterocycles. The number of nitrogens with one attached hydrogen (secondary N) is 1. The number of aryl methyl sites for hydroxylation is 3. The largest absolute Gasteiger partial charge is 0.266 e. The molecular formula is C21H20N4O2S. The minimum Gasteiger partial charge on any atom is -0.266 e. The number of anilines is 1. The minimum absolute atomic E-state index is 0.199. The number of fused-ring (bicyclic) bond motifs is 1. The third kappa shape index (κ3) is 3.25. The fraction of sp³-hybridized carbons (Fsp3) is 0.143.